The quantitative estimate of drug-likeness (QED) is 0.661. The van der Waals surface area contributed by atoms with Crippen molar-refractivity contribution in [3.05, 3.63) is 12.2 Å². The van der Waals surface area contributed by atoms with Crippen LogP contribution in [0.15, 0.2) is 12.2 Å². The predicted octanol–water partition coefficient (Wildman–Crippen LogP) is 0.482. The molecule has 13 heavy (non-hydrogen) atoms. The Hall–Kier alpha value is -0.350. The van der Waals surface area contributed by atoms with E-state index >= 15 is 0 Å². The Morgan fingerprint density at radius 2 is 1.92 bits per heavy atom. The fourth-order valence-corrected chi connectivity index (χ4v) is 3.26. The lowest BCUT2D eigenvalue weighted by Crippen LogP contribution is -2.54. The lowest BCUT2D eigenvalue weighted by atomic mass is 10.0. The summed E-state index contributed by atoms with van der Waals surface area (Å²) in [4.78, 5) is 0. The molecule has 2 rings (SSSR count). The zero-order valence-electron chi connectivity index (χ0n) is 7.57. The summed E-state index contributed by atoms with van der Waals surface area (Å²) in [5.41, 5.74) is 0. The highest BCUT2D eigenvalue weighted by Gasteiger charge is 2.34. The predicted molar refractivity (Wildman–Crippen MR) is 52.4 cm³/mol. The van der Waals surface area contributed by atoms with E-state index in [1.807, 2.05) is 0 Å². The van der Waals surface area contributed by atoms with Gasteiger partial charge in [0, 0.05) is 12.1 Å². The number of hydrogen-bond donors (Lipinski definition) is 1. The van der Waals surface area contributed by atoms with Crippen molar-refractivity contribution in [3.63, 3.8) is 0 Å². The molecule has 3 nitrogen and oxygen atoms in total. The van der Waals surface area contributed by atoms with E-state index in [4.69, 9.17) is 0 Å². The van der Waals surface area contributed by atoms with E-state index < -0.39 is 9.84 Å². The van der Waals surface area contributed by atoms with Gasteiger partial charge in [-0.1, -0.05) is 12.2 Å². The van der Waals surface area contributed by atoms with Crippen molar-refractivity contribution >= 4 is 9.84 Å². The summed E-state index contributed by atoms with van der Waals surface area (Å²) >= 11 is 0. The van der Waals surface area contributed by atoms with Crippen molar-refractivity contribution in [1.82, 2.24) is 5.32 Å². The van der Waals surface area contributed by atoms with Crippen LogP contribution < -0.4 is 5.32 Å². The van der Waals surface area contributed by atoms with Crippen LogP contribution in [0.1, 0.15) is 19.3 Å². The first kappa shape index (κ1) is 9.21. The van der Waals surface area contributed by atoms with Crippen molar-refractivity contribution < 1.29 is 8.42 Å². The minimum atomic E-state index is -2.66. The van der Waals surface area contributed by atoms with Gasteiger partial charge in [-0.25, -0.2) is 8.42 Å². The molecule has 0 radical (unpaired) electrons. The maximum Gasteiger partial charge on any atom is 0.153 e. The second kappa shape index (κ2) is 3.42. The Bertz CT molecular complexity index is 296. The lowest BCUT2D eigenvalue weighted by molar-refractivity contribution is 0.416. The SMILES string of the molecule is O=S1(=O)CC(NC2CC=CCC2)C1. The van der Waals surface area contributed by atoms with Crippen molar-refractivity contribution in [1.29, 1.82) is 0 Å². The third kappa shape index (κ3) is 2.31. The van der Waals surface area contributed by atoms with E-state index in [0.717, 1.165) is 19.3 Å². The van der Waals surface area contributed by atoms with Gasteiger partial charge in [-0.2, -0.15) is 0 Å². The molecule has 0 amide bonds. The summed E-state index contributed by atoms with van der Waals surface area (Å²) in [5.74, 6) is 0.681. The van der Waals surface area contributed by atoms with E-state index in [-0.39, 0.29) is 6.04 Å². The second-order valence-corrected chi connectivity index (χ2v) is 6.08. The van der Waals surface area contributed by atoms with Crippen LogP contribution in [0.3, 0.4) is 0 Å². The molecule has 1 atom stereocenters. The summed E-state index contributed by atoms with van der Waals surface area (Å²) in [7, 11) is -2.66. The van der Waals surface area contributed by atoms with Crippen LogP contribution in [-0.2, 0) is 9.84 Å². The van der Waals surface area contributed by atoms with E-state index in [1.165, 1.54) is 0 Å². The molecule has 0 aromatic carbocycles. The largest absolute Gasteiger partial charge is 0.309 e. The highest BCUT2D eigenvalue weighted by molar-refractivity contribution is 7.92. The molecule has 2 aliphatic rings. The standard InChI is InChI=1S/C9H15NO2S/c11-13(12)6-9(7-13)10-8-4-2-1-3-5-8/h1-2,8-10H,3-7H2. The van der Waals surface area contributed by atoms with Gasteiger partial charge in [-0.15, -0.1) is 0 Å². The molecule has 0 aromatic rings. The zero-order valence-corrected chi connectivity index (χ0v) is 8.39. The normalized spacial score (nSPS) is 32.8. The highest BCUT2D eigenvalue weighted by Crippen LogP contribution is 2.16. The third-order valence-corrected chi connectivity index (χ3v) is 4.47. The van der Waals surface area contributed by atoms with Gasteiger partial charge in [0.15, 0.2) is 9.84 Å². The minimum Gasteiger partial charge on any atom is -0.309 e. The third-order valence-electron chi connectivity index (χ3n) is 2.65. The summed E-state index contributed by atoms with van der Waals surface area (Å²) < 4.78 is 21.8. The molecule has 1 N–H and O–H groups in total. The Morgan fingerprint density at radius 1 is 1.15 bits per heavy atom. The van der Waals surface area contributed by atoms with Gasteiger partial charge in [0.2, 0.25) is 0 Å². The number of hydrogen-bond acceptors (Lipinski definition) is 3. The van der Waals surface area contributed by atoms with Crippen molar-refractivity contribution in [2.75, 3.05) is 11.5 Å². The monoisotopic (exact) mass is 201 g/mol. The molecule has 1 heterocycles. The van der Waals surface area contributed by atoms with Gasteiger partial charge in [0.05, 0.1) is 11.5 Å². The van der Waals surface area contributed by atoms with Crippen LogP contribution in [0.2, 0.25) is 0 Å². The highest BCUT2D eigenvalue weighted by atomic mass is 32.2. The molecule has 1 aliphatic heterocycles. The fourth-order valence-electron chi connectivity index (χ4n) is 1.94. The Kier molecular flexibility index (Phi) is 2.43. The molecule has 1 unspecified atom stereocenters. The Labute approximate surface area is 79.1 Å². The second-order valence-electron chi connectivity index (χ2n) is 3.92. The van der Waals surface area contributed by atoms with Crippen molar-refractivity contribution in [2.45, 2.75) is 31.3 Å². The Balaban J connectivity index is 1.77. The number of sulfone groups is 1. The summed E-state index contributed by atoms with van der Waals surface area (Å²) in [6, 6.07) is 0.729. The summed E-state index contributed by atoms with van der Waals surface area (Å²) in [6.45, 7) is 0. The van der Waals surface area contributed by atoms with Gasteiger partial charge in [-0.05, 0) is 19.3 Å². The first-order chi connectivity index (χ1) is 6.16. The number of nitrogens with one attached hydrogen (secondary N) is 1. The van der Waals surface area contributed by atoms with E-state index in [1.54, 1.807) is 0 Å². The van der Waals surface area contributed by atoms with Gasteiger partial charge in [0.1, 0.15) is 0 Å². The molecule has 1 aliphatic carbocycles. The lowest BCUT2D eigenvalue weighted by Gasteiger charge is -2.31. The summed E-state index contributed by atoms with van der Waals surface area (Å²) in [5, 5.41) is 3.38. The number of allylic oxidation sites excluding steroid dienone is 1. The molecule has 4 heteroatoms. The Morgan fingerprint density at radius 3 is 2.46 bits per heavy atom. The van der Waals surface area contributed by atoms with Crippen LogP contribution in [0.4, 0.5) is 0 Å². The van der Waals surface area contributed by atoms with Gasteiger partial charge < -0.3 is 5.32 Å². The van der Waals surface area contributed by atoms with Crippen LogP contribution in [0.5, 0.6) is 0 Å². The first-order valence-electron chi connectivity index (χ1n) is 4.77. The zero-order chi connectivity index (χ0) is 9.31. The van der Waals surface area contributed by atoms with Gasteiger partial charge >= 0.3 is 0 Å². The van der Waals surface area contributed by atoms with Crippen LogP contribution in [-0.4, -0.2) is 32.0 Å². The van der Waals surface area contributed by atoms with Crippen LogP contribution >= 0.6 is 0 Å². The van der Waals surface area contributed by atoms with E-state index in [9.17, 15) is 8.42 Å². The smallest absolute Gasteiger partial charge is 0.153 e. The van der Waals surface area contributed by atoms with E-state index in [2.05, 4.69) is 17.5 Å². The number of rotatable bonds is 2. The molecule has 0 spiro atoms. The molecule has 0 bridgehead atoms. The molecular formula is C9H15NO2S. The molecule has 0 saturated carbocycles. The average Bonchev–Trinajstić information content (AvgIpc) is 2.03. The molecule has 1 fully saturated rings. The fraction of sp³-hybridized carbons (Fsp3) is 0.778. The molecule has 74 valence electrons. The van der Waals surface area contributed by atoms with Crippen molar-refractivity contribution in [2.24, 2.45) is 0 Å². The van der Waals surface area contributed by atoms with E-state index in [0.29, 0.717) is 17.5 Å². The van der Waals surface area contributed by atoms with Crippen LogP contribution in [0.25, 0.3) is 0 Å². The topological polar surface area (TPSA) is 46.2 Å². The average molecular weight is 201 g/mol. The molecular weight excluding hydrogens is 186 g/mol. The summed E-state index contributed by atoms with van der Waals surface area (Å²) in [6.07, 6.45) is 7.69. The van der Waals surface area contributed by atoms with Crippen molar-refractivity contribution in [3.8, 4) is 0 Å². The minimum absolute atomic E-state index is 0.224. The molecule has 0 aromatic heterocycles. The molecule has 1 saturated heterocycles. The maximum absolute atomic E-state index is 10.9. The maximum atomic E-state index is 10.9. The van der Waals surface area contributed by atoms with Gasteiger partial charge in [-0.3, -0.25) is 0 Å². The van der Waals surface area contributed by atoms with Gasteiger partial charge in [0.25, 0.3) is 0 Å². The van der Waals surface area contributed by atoms with Crippen LogP contribution in [0, 0.1) is 0 Å². The first-order valence-corrected chi connectivity index (χ1v) is 6.59.